The summed E-state index contributed by atoms with van der Waals surface area (Å²) < 4.78 is 41.1. The minimum absolute atomic E-state index is 0.0365. The average molecular weight is 1210 g/mol. The van der Waals surface area contributed by atoms with Crippen molar-refractivity contribution in [2.75, 3.05) is 39.4 Å². The Morgan fingerprint density at radius 1 is 0.631 bits per heavy atom. The second-order valence-corrected chi connectivity index (χ2v) is 25.5. The Hall–Kier alpha value is -6.66. The molecule has 0 spiro atoms. The molecule has 4 fully saturated rings. The van der Waals surface area contributed by atoms with Gasteiger partial charge in [-0.1, -0.05) is 47.5 Å². The summed E-state index contributed by atoms with van der Waals surface area (Å²) in [6.07, 6.45) is 6.34. The van der Waals surface area contributed by atoms with Gasteiger partial charge in [0.2, 0.25) is 0 Å². The molecule has 84 heavy (non-hydrogen) atoms. The molecule has 2 aliphatic heterocycles. The van der Waals surface area contributed by atoms with E-state index < -0.39 is 45.4 Å². The van der Waals surface area contributed by atoms with Gasteiger partial charge in [0.1, 0.15) is 41.7 Å². The second kappa shape index (κ2) is 27.6. The van der Waals surface area contributed by atoms with Gasteiger partial charge >= 0.3 is 24.1 Å². The molecule has 4 heterocycles. The predicted molar refractivity (Wildman–Crippen MR) is 311 cm³/mol. The quantitative estimate of drug-likeness (QED) is 0.0471. The number of rotatable bonds is 16. The second-order valence-electron chi connectivity index (χ2n) is 24.8. The van der Waals surface area contributed by atoms with Crippen LogP contribution in [-0.4, -0.2) is 138 Å². The number of aromatic nitrogens is 4. The maximum Gasteiger partial charge on any atom is 0.440 e. The summed E-state index contributed by atoms with van der Waals surface area (Å²) in [6, 6.07) is 18.8. The van der Waals surface area contributed by atoms with Crippen molar-refractivity contribution in [3.63, 3.8) is 0 Å². The minimum atomic E-state index is -0.954. The van der Waals surface area contributed by atoms with Crippen LogP contribution in [0.25, 0.3) is 0 Å². The van der Waals surface area contributed by atoms with Crippen molar-refractivity contribution in [1.82, 2.24) is 29.8 Å². The van der Waals surface area contributed by atoms with Crippen molar-refractivity contribution < 1.29 is 67.5 Å². The van der Waals surface area contributed by atoms with Gasteiger partial charge in [-0.25, -0.2) is 19.2 Å². The van der Waals surface area contributed by atoms with Gasteiger partial charge in [0.05, 0.1) is 51.6 Å². The lowest BCUT2D eigenvalue weighted by molar-refractivity contribution is -0.384. The van der Waals surface area contributed by atoms with Gasteiger partial charge in [-0.3, -0.25) is 10.1 Å². The number of halogens is 2. The molecule has 2 unspecified atom stereocenters. The van der Waals surface area contributed by atoms with E-state index in [1.54, 1.807) is 80.2 Å². The maximum atomic E-state index is 13.0. The summed E-state index contributed by atoms with van der Waals surface area (Å²) in [6.45, 7) is 22.0. The van der Waals surface area contributed by atoms with Crippen molar-refractivity contribution >= 4 is 53.0 Å². The van der Waals surface area contributed by atoms with E-state index in [0.717, 1.165) is 66.4 Å². The van der Waals surface area contributed by atoms with Crippen LogP contribution < -0.4 is 19.5 Å². The molecule has 3 N–H and O–H groups in total. The van der Waals surface area contributed by atoms with Gasteiger partial charge in [-0.05, 0) is 168 Å². The zero-order chi connectivity index (χ0) is 61.3. The first-order valence-corrected chi connectivity index (χ1v) is 28.7. The largest absolute Gasteiger partial charge is 0.489 e. The van der Waals surface area contributed by atoms with Crippen LogP contribution in [0, 0.1) is 33.8 Å². The molecule has 2 aliphatic carbocycles. The molecule has 22 nitrogen and oxygen atoms in total. The Kier molecular flexibility index (Phi) is 21.3. The minimum Gasteiger partial charge on any atom is -0.489 e. The normalized spacial score (nSPS) is 20.1. The number of likely N-dealkylation sites (tertiary alicyclic amines) is 1. The number of hydrogen-bond acceptors (Lipinski definition) is 18. The van der Waals surface area contributed by atoms with Gasteiger partial charge in [-0.2, -0.15) is 19.6 Å². The first-order chi connectivity index (χ1) is 39.4. The molecule has 2 aromatic heterocycles. The number of nitro groups is 1. The summed E-state index contributed by atoms with van der Waals surface area (Å²) in [5, 5.41) is 42.7. The standard InChI is InChI=1S/C27H36ClN3O6.C18H26ClNO3.C15H15N3O6/c1-26(2,3)37-24(32)21-9-10-31(29-21)25(33)30-13-18-11-20(12-19(18)14-30)35-15-17-7-6-8-22(23(17)28)36-16-27(4,5)34;1-18(2,21)11-23-16-5-3-4-12(17(16)19)10-22-15-6-13-8-20-9-14(13)7-15;1-15(2,3)24-13(19)12-8-9-17(16-12)14(20)23-11-6-4-10(5-7-11)18(21)22/h6-10,18-20,34H,11-16H2,1-5H3;3-5,13-15,20-21H,6-11H2,1-2H3;4-9H,1-3H3/t18-,19+,20?;13-,14+,15?;. The lowest BCUT2D eigenvalue weighted by Gasteiger charge is -2.20. The number of carbonyl (C=O) groups is 4. The average Bonchev–Trinajstić information content (AvgIpc) is 3.52. The smallest absolute Gasteiger partial charge is 0.440 e. The van der Waals surface area contributed by atoms with E-state index >= 15 is 0 Å². The highest BCUT2D eigenvalue weighted by Gasteiger charge is 2.44. The first kappa shape index (κ1) is 64.9. The molecule has 456 valence electrons. The third-order valence-electron chi connectivity index (χ3n) is 13.8. The predicted octanol–water partition coefficient (Wildman–Crippen LogP) is 10.3. The fraction of sp³-hybridized carbons (Fsp3) is 0.533. The number of aliphatic hydroxyl groups is 2. The Balaban J connectivity index is 0.000000189. The highest BCUT2D eigenvalue weighted by atomic mass is 35.5. The van der Waals surface area contributed by atoms with Crippen LogP contribution in [0.15, 0.2) is 85.2 Å². The fourth-order valence-electron chi connectivity index (χ4n) is 9.93. The summed E-state index contributed by atoms with van der Waals surface area (Å²) >= 11 is 12.9. The number of ether oxygens (including phenoxy) is 7. The van der Waals surface area contributed by atoms with Gasteiger partial charge in [0.15, 0.2) is 11.4 Å². The zero-order valence-electron chi connectivity index (χ0n) is 49.2. The summed E-state index contributed by atoms with van der Waals surface area (Å²) in [5.41, 5.74) is -1.42. The maximum absolute atomic E-state index is 13.0. The van der Waals surface area contributed by atoms with Gasteiger partial charge in [-0.15, -0.1) is 0 Å². The number of amides is 1. The molecule has 6 atom stereocenters. The third-order valence-corrected chi connectivity index (χ3v) is 14.7. The zero-order valence-corrected chi connectivity index (χ0v) is 50.7. The highest BCUT2D eigenvalue weighted by molar-refractivity contribution is 6.33. The van der Waals surface area contributed by atoms with Crippen molar-refractivity contribution in [2.45, 2.75) is 143 Å². The Morgan fingerprint density at radius 3 is 1.49 bits per heavy atom. The van der Waals surface area contributed by atoms with Crippen molar-refractivity contribution in [2.24, 2.45) is 23.7 Å². The van der Waals surface area contributed by atoms with Crippen molar-refractivity contribution in [1.29, 1.82) is 0 Å². The summed E-state index contributed by atoms with van der Waals surface area (Å²) in [4.78, 5) is 60.8. The van der Waals surface area contributed by atoms with E-state index in [1.807, 2.05) is 30.3 Å². The molecule has 5 aromatic rings. The number of esters is 2. The lowest BCUT2D eigenvalue weighted by atomic mass is 10.0. The molecule has 9 rings (SSSR count). The number of nitro benzene ring substituents is 1. The molecule has 2 saturated heterocycles. The SMILES string of the molecule is CC(C)(C)OC(=O)c1ccn(C(=O)Oc2ccc([N+](=O)[O-])cc2)n1.CC(C)(O)COc1cccc(COC2C[C@@H]3CN(C(=O)n4ccc(C(=O)OC(C)(C)C)n4)C[C@@H]3C2)c1Cl.CC(C)(O)COc1cccc(COC2C[C@H]3CNC[C@H]3C2)c1Cl. The van der Waals surface area contributed by atoms with E-state index in [9.17, 15) is 39.5 Å². The molecule has 0 radical (unpaired) electrons. The van der Waals surface area contributed by atoms with Gasteiger partial charge in [0.25, 0.3) is 5.69 Å². The number of benzene rings is 3. The van der Waals surface area contributed by atoms with Gasteiger partial charge in [0, 0.05) is 48.7 Å². The number of fused-ring (bicyclic) bond motifs is 2. The van der Waals surface area contributed by atoms with Crippen LogP contribution in [0.3, 0.4) is 0 Å². The summed E-state index contributed by atoms with van der Waals surface area (Å²) in [7, 11) is 0. The molecule has 24 heteroatoms. The molecule has 2 saturated carbocycles. The van der Waals surface area contributed by atoms with E-state index in [0.29, 0.717) is 65.8 Å². The molecule has 1 amide bonds. The molecular weight excluding hydrogens is 1130 g/mol. The Labute approximate surface area is 499 Å². The number of non-ortho nitro benzene ring substituents is 1. The van der Waals surface area contributed by atoms with Gasteiger partial charge < -0.3 is 53.6 Å². The van der Waals surface area contributed by atoms with Crippen LogP contribution in [0.1, 0.15) is 127 Å². The highest BCUT2D eigenvalue weighted by Crippen LogP contribution is 2.41. The van der Waals surface area contributed by atoms with Crippen LogP contribution in [0.4, 0.5) is 15.3 Å². The number of nitrogens with zero attached hydrogens (tertiary/aromatic N) is 6. The van der Waals surface area contributed by atoms with Crippen molar-refractivity contribution in [3.05, 3.63) is 128 Å². The van der Waals surface area contributed by atoms with E-state index in [-0.39, 0.29) is 48.2 Å². The number of nitrogens with one attached hydrogen (secondary N) is 1. The Morgan fingerprint density at radius 2 is 1.06 bits per heavy atom. The lowest BCUT2D eigenvalue weighted by Crippen LogP contribution is -2.34. The molecule has 3 aromatic carbocycles. The first-order valence-electron chi connectivity index (χ1n) is 27.9. The van der Waals surface area contributed by atoms with Crippen LogP contribution in [0.5, 0.6) is 17.2 Å². The van der Waals surface area contributed by atoms with Crippen LogP contribution in [0.2, 0.25) is 10.0 Å². The van der Waals surface area contributed by atoms with Crippen LogP contribution >= 0.6 is 23.2 Å². The van der Waals surface area contributed by atoms with Crippen molar-refractivity contribution in [3.8, 4) is 17.2 Å². The topological polar surface area (TPSA) is 267 Å². The monoisotopic (exact) mass is 1210 g/mol. The Bertz CT molecular complexity index is 3060. The van der Waals surface area contributed by atoms with E-state index in [1.165, 1.54) is 53.5 Å². The molecular formula is C60H77Cl2N7O15. The van der Waals surface area contributed by atoms with E-state index in [4.69, 9.17) is 56.4 Å². The number of carbonyl (C=O) groups excluding carboxylic acids is 4. The summed E-state index contributed by atoms with van der Waals surface area (Å²) in [5.74, 6) is 2.28. The van der Waals surface area contributed by atoms with Crippen LogP contribution in [-0.2, 0) is 32.2 Å². The molecule has 4 aliphatic rings. The fourth-order valence-corrected chi connectivity index (χ4v) is 10.4. The molecule has 0 bridgehead atoms. The van der Waals surface area contributed by atoms with E-state index in [2.05, 4.69) is 15.5 Å². The third kappa shape index (κ3) is 19.2. The number of hydrogen-bond donors (Lipinski definition) is 3.